The molecule has 1 aliphatic rings. The van der Waals surface area contributed by atoms with Crippen LogP contribution in [-0.2, 0) is 4.79 Å². The fourth-order valence-electron chi connectivity index (χ4n) is 3.31. The molecule has 4 nitrogen and oxygen atoms in total. The van der Waals surface area contributed by atoms with Crippen molar-refractivity contribution in [3.05, 3.63) is 59.4 Å². The molecule has 1 saturated heterocycles. The van der Waals surface area contributed by atoms with Crippen LogP contribution in [0.4, 0.5) is 15.8 Å². The van der Waals surface area contributed by atoms with Crippen LogP contribution in [0.3, 0.4) is 0 Å². The van der Waals surface area contributed by atoms with Crippen molar-refractivity contribution in [3.63, 3.8) is 0 Å². The number of nitrogens with one attached hydrogen (secondary N) is 1. The molecule has 1 aliphatic heterocycles. The summed E-state index contributed by atoms with van der Waals surface area (Å²) in [7, 11) is 0. The van der Waals surface area contributed by atoms with Crippen LogP contribution in [0.15, 0.2) is 42.5 Å². The third kappa shape index (κ3) is 4.15. The SMILES string of the molecule is Cc1cccc(NCCC(=O)N2CCN(c3ccccc3F)CC2)c1C. The number of benzene rings is 2. The minimum Gasteiger partial charge on any atom is -0.384 e. The van der Waals surface area contributed by atoms with Crippen LogP contribution >= 0.6 is 0 Å². The Bertz CT molecular complexity index is 770. The summed E-state index contributed by atoms with van der Waals surface area (Å²) in [4.78, 5) is 16.3. The number of carbonyl (C=O) groups is 1. The second-order valence-corrected chi connectivity index (χ2v) is 6.74. The molecule has 0 aliphatic carbocycles. The van der Waals surface area contributed by atoms with E-state index in [1.165, 1.54) is 17.2 Å². The van der Waals surface area contributed by atoms with Gasteiger partial charge in [0.1, 0.15) is 5.82 Å². The number of carbonyl (C=O) groups excluding carboxylic acids is 1. The molecule has 138 valence electrons. The highest BCUT2D eigenvalue weighted by molar-refractivity contribution is 5.77. The molecular weight excluding hydrogens is 329 g/mol. The molecule has 5 heteroatoms. The van der Waals surface area contributed by atoms with Crippen molar-refractivity contribution in [2.24, 2.45) is 0 Å². The zero-order chi connectivity index (χ0) is 18.5. The Morgan fingerprint density at radius 2 is 1.77 bits per heavy atom. The number of piperazine rings is 1. The quantitative estimate of drug-likeness (QED) is 0.890. The molecular formula is C21H26FN3O. The monoisotopic (exact) mass is 355 g/mol. The van der Waals surface area contributed by atoms with Gasteiger partial charge < -0.3 is 15.1 Å². The summed E-state index contributed by atoms with van der Waals surface area (Å²) in [6, 6.07) is 13.0. The zero-order valence-electron chi connectivity index (χ0n) is 15.5. The molecule has 26 heavy (non-hydrogen) atoms. The summed E-state index contributed by atoms with van der Waals surface area (Å²) in [5, 5.41) is 3.36. The van der Waals surface area contributed by atoms with E-state index in [2.05, 4.69) is 25.2 Å². The Morgan fingerprint density at radius 1 is 1.04 bits per heavy atom. The standard InChI is InChI=1S/C21H26FN3O/c1-16-6-5-8-19(17(16)2)23-11-10-21(26)25-14-12-24(13-15-25)20-9-4-3-7-18(20)22/h3-9,23H,10-15H2,1-2H3. The highest BCUT2D eigenvalue weighted by Crippen LogP contribution is 2.21. The lowest BCUT2D eigenvalue weighted by Crippen LogP contribution is -2.49. The van der Waals surface area contributed by atoms with Gasteiger partial charge in [0, 0.05) is 44.8 Å². The topological polar surface area (TPSA) is 35.6 Å². The van der Waals surface area contributed by atoms with Gasteiger partial charge in [-0.25, -0.2) is 4.39 Å². The van der Waals surface area contributed by atoms with E-state index in [-0.39, 0.29) is 11.7 Å². The minimum atomic E-state index is -0.204. The van der Waals surface area contributed by atoms with Gasteiger partial charge >= 0.3 is 0 Å². The predicted molar refractivity (Wildman–Crippen MR) is 104 cm³/mol. The predicted octanol–water partition coefficient (Wildman–Crippen LogP) is 3.59. The van der Waals surface area contributed by atoms with Gasteiger partial charge in [0.15, 0.2) is 0 Å². The Labute approximate surface area is 154 Å². The molecule has 0 radical (unpaired) electrons. The zero-order valence-corrected chi connectivity index (χ0v) is 15.5. The van der Waals surface area contributed by atoms with Gasteiger partial charge in [0.2, 0.25) is 5.91 Å². The van der Waals surface area contributed by atoms with Crippen LogP contribution < -0.4 is 10.2 Å². The first-order valence-corrected chi connectivity index (χ1v) is 9.13. The molecule has 1 fully saturated rings. The van der Waals surface area contributed by atoms with E-state index < -0.39 is 0 Å². The summed E-state index contributed by atoms with van der Waals surface area (Å²) in [5.41, 5.74) is 4.17. The number of halogens is 1. The molecule has 0 unspecified atom stereocenters. The molecule has 1 N–H and O–H groups in total. The largest absolute Gasteiger partial charge is 0.384 e. The first-order valence-electron chi connectivity index (χ1n) is 9.13. The number of nitrogens with zero attached hydrogens (tertiary/aromatic N) is 2. The van der Waals surface area contributed by atoms with Crippen molar-refractivity contribution in [2.45, 2.75) is 20.3 Å². The van der Waals surface area contributed by atoms with E-state index in [0.29, 0.717) is 44.8 Å². The van der Waals surface area contributed by atoms with Gasteiger partial charge in [-0.3, -0.25) is 4.79 Å². The highest BCUT2D eigenvalue weighted by Gasteiger charge is 2.22. The maximum absolute atomic E-state index is 13.9. The lowest BCUT2D eigenvalue weighted by atomic mass is 10.1. The Kier molecular flexibility index (Phi) is 5.76. The normalized spacial score (nSPS) is 14.4. The van der Waals surface area contributed by atoms with Gasteiger partial charge in [-0.05, 0) is 43.2 Å². The second-order valence-electron chi connectivity index (χ2n) is 6.74. The van der Waals surface area contributed by atoms with Gasteiger partial charge in [0.25, 0.3) is 0 Å². The number of anilines is 2. The lowest BCUT2D eigenvalue weighted by molar-refractivity contribution is -0.131. The average molecular weight is 355 g/mol. The van der Waals surface area contributed by atoms with Gasteiger partial charge in [0.05, 0.1) is 5.69 Å². The van der Waals surface area contributed by atoms with Crippen molar-refractivity contribution in [2.75, 3.05) is 42.9 Å². The number of aryl methyl sites for hydroxylation is 1. The Balaban J connectivity index is 1.47. The first kappa shape index (κ1) is 18.2. The molecule has 1 heterocycles. The van der Waals surface area contributed by atoms with E-state index >= 15 is 0 Å². The summed E-state index contributed by atoms with van der Waals surface area (Å²) in [6.45, 7) is 7.39. The maximum atomic E-state index is 13.9. The van der Waals surface area contributed by atoms with Crippen molar-refractivity contribution in [1.82, 2.24) is 4.90 Å². The number of amides is 1. The van der Waals surface area contributed by atoms with Crippen LogP contribution in [-0.4, -0.2) is 43.5 Å². The third-order valence-corrected chi connectivity index (χ3v) is 5.08. The van der Waals surface area contributed by atoms with Gasteiger partial charge in [-0.15, -0.1) is 0 Å². The fraction of sp³-hybridized carbons (Fsp3) is 0.381. The van der Waals surface area contributed by atoms with Gasteiger partial charge in [-0.2, -0.15) is 0 Å². The van der Waals surface area contributed by atoms with Crippen LogP contribution in [0, 0.1) is 19.7 Å². The molecule has 0 aromatic heterocycles. The van der Waals surface area contributed by atoms with E-state index in [9.17, 15) is 9.18 Å². The molecule has 3 rings (SSSR count). The first-order chi connectivity index (χ1) is 12.6. The molecule has 2 aromatic rings. The fourth-order valence-corrected chi connectivity index (χ4v) is 3.31. The smallest absolute Gasteiger partial charge is 0.224 e. The number of hydrogen-bond donors (Lipinski definition) is 1. The third-order valence-electron chi connectivity index (χ3n) is 5.08. The van der Waals surface area contributed by atoms with Crippen molar-refractivity contribution in [3.8, 4) is 0 Å². The maximum Gasteiger partial charge on any atom is 0.224 e. The van der Waals surface area contributed by atoms with Gasteiger partial charge in [-0.1, -0.05) is 24.3 Å². The summed E-state index contributed by atoms with van der Waals surface area (Å²) in [5.74, 6) is -0.0546. The lowest BCUT2D eigenvalue weighted by Gasteiger charge is -2.36. The molecule has 1 amide bonds. The van der Waals surface area contributed by atoms with E-state index in [1.54, 1.807) is 12.1 Å². The number of hydrogen-bond acceptors (Lipinski definition) is 3. The molecule has 0 saturated carbocycles. The second kappa shape index (κ2) is 8.21. The van der Waals surface area contributed by atoms with E-state index in [1.807, 2.05) is 28.0 Å². The molecule has 0 atom stereocenters. The highest BCUT2D eigenvalue weighted by atomic mass is 19.1. The van der Waals surface area contributed by atoms with Crippen LogP contribution in [0.5, 0.6) is 0 Å². The Morgan fingerprint density at radius 3 is 2.50 bits per heavy atom. The van der Waals surface area contributed by atoms with Crippen molar-refractivity contribution >= 4 is 17.3 Å². The van der Waals surface area contributed by atoms with Crippen LogP contribution in [0.25, 0.3) is 0 Å². The summed E-state index contributed by atoms with van der Waals surface area (Å²) < 4.78 is 13.9. The van der Waals surface area contributed by atoms with Crippen molar-refractivity contribution in [1.29, 1.82) is 0 Å². The average Bonchev–Trinajstić information content (AvgIpc) is 2.65. The summed E-state index contributed by atoms with van der Waals surface area (Å²) in [6.07, 6.45) is 0.465. The van der Waals surface area contributed by atoms with Crippen LogP contribution in [0.2, 0.25) is 0 Å². The summed E-state index contributed by atoms with van der Waals surface area (Å²) >= 11 is 0. The Hall–Kier alpha value is -2.56. The molecule has 2 aromatic carbocycles. The minimum absolute atomic E-state index is 0.149. The number of para-hydroxylation sites is 1. The molecule has 0 bridgehead atoms. The number of rotatable bonds is 5. The van der Waals surface area contributed by atoms with E-state index in [0.717, 1.165) is 5.69 Å². The van der Waals surface area contributed by atoms with E-state index in [4.69, 9.17) is 0 Å². The van der Waals surface area contributed by atoms with Crippen molar-refractivity contribution < 1.29 is 9.18 Å². The molecule has 0 spiro atoms. The van der Waals surface area contributed by atoms with Crippen LogP contribution in [0.1, 0.15) is 17.5 Å².